The minimum Gasteiger partial charge on any atom is -0.480 e. The number of carboxylic acids is 1. The van der Waals surface area contributed by atoms with Crippen LogP contribution in [0.1, 0.15) is 0 Å². The fourth-order valence-corrected chi connectivity index (χ4v) is 2.64. The highest BCUT2D eigenvalue weighted by Crippen LogP contribution is 2.10. The van der Waals surface area contributed by atoms with Crippen LogP contribution in [0.2, 0.25) is 0 Å². The van der Waals surface area contributed by atoms with Crippen LogP contribution in [-0.2, 0) is 38.1 Å². The second-order valence-electron chi connectivity index (χ2n) is 5.05. The number of ether oxygens (including phenoxy) is 3. The van der Waals surface area contributed by atoms with Crippen LogP contribution in [0.25, 0.3) is 0 Å². The summed E-state index contributed by atoms with van der Waals surface area (Å²) in [6.45, 7) is 0.109. The predicted molar refractivity (Wildman–Crippen MR) is 92.7 cm³/mol. The summed E-state index contributed by atoms with van der Waals surface area (Å²) >= 11 is 0. The first kappa shape index (κ1) is 23.0. The van der Waals surface area contributed by atoms with Crippen LogP contribution in [0, 0.1) is 0 Å². The van der Waals surface area contributed by atoms with Crippen molar-refractivity contribution >= 4 is 22.0 Å². The molecule has 0 aliphatic rings. The van der Waals surface area contributed by atoms with Crippen molar-refractivity contribution in [2.75, 3.05) is 52.8 Å². The number of carbonyl (C=O) groups is 2. The van der Waals surface area contributed by atoms with E-state index in [1.807, 2.05) is 0 Å². The number of carboxylic acid groups (broad SMARTS) is 1. The van der Waals surface area contributed by atoms with E-state index in [1.54, 1.807) is 18.2 Å². The van der Waals surface area contributed by atoms with Gasteiger partial charge in [-0.2, -0.15) is 8.42 Å². The van der Waals surface area contributed by atoms with Gasteiger partial charge in [0.2, 0.25) is 5.91 Å². The second-order valence-corrected chi connectivity index (χ2v) is 6.67. The predicted octanol–water partition coefficient (Wildman–Crippen LogP) is -0.357. The lowest BCUT2D eigenvalue weighted by Gasteiger charge is -2.08. The molecule has 0 aliphatic heterocycles. The maximum absolute atomic E-state index is 11.8. The molecule has 11 heteroatoms. The van der Waals surface area contributed by atoms with Gasteiger partial charge in [-0.1, -0.05) is 18.2 Å². The standard InChI is InChI=1S/C16H23NO9S/c18-15(12-25-13-16(19)20)17-6-7-23-8-9-24-10-11-26-27(21,22)14-4-2-1-3-5-14/h1-5H,6-13H2,(H,17,18)(H,19,20). The van der Waals surface area contributed by atoms with Crippen LogP contribution in [0.4, 0.5) is 0 Å². The molecule has 0 saturated heterocycles. The lowest BCUT2D eigenvalue weighted by molar-refractivity contribution is -0.143. The molecule has 0 saturated carbocycles. The summed E-state index contributed by atoms with van der Waals surface area (Å²) in [6, 6.07) is 7.81. The summed E-state index contributed by atoms with van der Waals surface area (Å²) in [4.78, 5) is 21.5. The molecule has 2 N–H and O–H groups in total. The maximum Gasteiger partial charge on any atom is 0.329 e. The van der Waals surface area contributed by atoms with Crippen molar-refractivity contribution in [3.05, 3.63) is 30.3 Å². The number of hydrogen-bond donors (Lipinski definition) is 2. The highest BCUT2D eigenvalue weighted by molar-refractivity contribution is 7.86. The van der Waals surface area contributed by atoms with Crippen LogP contribution in [0.5, 0.6) is 0 Å². The third kappa shape index (κ3) is 11.3. The van der Waals surface area contributed by atoms with E-state index < -0.39 is 28.6 Å². The van der Waals surface area contributed by atoms with Gasteiger partial charge in [-0.3, -0.25) is 8.98 Å². The van der Waals surface area contributed by atoms with E-state index in [1.165, 1.54) is 12.1 Å². The van der Waals surface area contributed by atoms with Gasteiger partial charge in [-0.05, 0) is 12.1 Å². The van der Waals surface area contributed by atoms with E-state index in [0.717, 1.165) is 0 Å². The Morgan fingerprint density at radius 2 is 1.52 bits per heavy atom. The Balaban J connectivity index is 1.95. The number of amides is 1. The third-order valence-corrected chi connectivity index (χ3v) is 4.22. The minimum absolute atomic E-state index is 0.0868. The van der Waals surface area contributed by atoms with Crippen LogP contribution < -0.4 is 5.32 Å². The summed E-state index contributed by atoms with van der Waals surface area (Å²) in [5.74, 6) is -1.58. The zero-order chi connectivity index (χ0) is 20.0. The molecule has 0 spiro atoms. The molecule has 0 unspecified atom stereocenters. The molecule has 1 rings (SSSR count). The first-order valence-electron chi connectivity index (χ1n) is 8.08. The Kier molecular flexibility index (Phi) is 11.2. The van der Waals surface area contributed by atoms with Gasteiger partial charge in [0, 0.05) is 6.54 Å². The summed E-state index contributed by atoms with van der Waals surface area (Å²) < 4.78 is 43.5. The molecule has 0 fully saturated rings. The number of hydrogen-bond acceptors (Lipinski definition) is 8. The zero-order valence-electron chi connectivity index (χ0n) is 14.7. The van der Waals surface area contributed by atoms with Crippen molar-refractivity contribution in [2.45, 2.75) is 4.90 Å². The molecular formula is C16H23NO9S. The third-order valence-electron chi connectivity index (χ3n) is 2.90. The summed E-state index contributed by atoms with van der Waals surface area (Å²) in [5.41, 5.74) is 0. The zero-order valence-corrected chi connectivity index (χ0v) is 15.5. The van der Waals surface area contributed by atoms with E-state index >= 15 is 0 Å². The van der Waals surface area contributed by atoms with Crippen LogP contribution in [0.3, 0.4) is 0 Å². The van der Waals surface area contributed by atoms with E-state index in [4.69, 9.17) is 18.8 Å². The summed E-state index contributed by atoms with van der Waals surface area (Å²) in [6.07, 6.45) is 0. The topological polar surface area (TPSA) is 137 Å². The molecule has 1 aromatic rings. The van der Waals surface area contributed by atoms with Crippen LogP contribution in [-0.4, -0.2) is 78.2 Å². The molecule has 0 heterocycles. The first-order valence-corrected chi connectivity index (χ1v) is 9.49. The molecule has 1 amide bonds. The van der Waals surface area contributed by atoms with Crippen LogP contribution in [0.15, 0.2) is 35.2 Å². The Bertz CT molecular complexity index is 664. The summed E-state index contributed by atoms with van der Waals surface area (Å²) in [5, 5.41) is 10.8. The molecule has 0 bridgehead atoms. The Labute approximate surface area is 157 Å². The number of nitrogens with one attached hydrogen (secondary N) is 1. The van der Waals surface area contributed by atoms with Gasteiger partial charge in [0.15, 0.2) is 0 Å². The fourth-order valence-electron chi connectivity index (χ4n) is 1.72. The van der Waals surface area contributed by atoms with Crippen molar-refractivity contribution in [1.29, 1.82) is 0 Å². The molecule has 27 heavy (non-hydrogen) atoms. The fraction of sp³-hybridized carbons (Fsp3) is 0.500. The first-order chi connectivity index (χ1) is 12.9. The maximum atomic E-state index is 11.8. The van der Waals surface area contributed by atoms with Crippen LogP contribution >= 0.6 is 0 Å². The Hall–Kier alpha value is -2.05. The minimum atomic E-state index is -3.78. The highest BCUT2D eigenvalue weighted by atomic mass is 32.2. The number of rotatable bonds is 15. The molecule has 10 nitrogen and oxygen atoms in total. The molecule has 0 aromatic heterocycles. The summed E-state index contributed by atoms with van der Waals surface area (Å²) in [7, 11) is -3.78. The largest absolute Gasteiger partial charge is 0.480 e. The molecule has 0 radical (unpaired) electrons. The van der Waals surface area contributed by atoms with Gasteiger partial charge in [0.25, 0.3) is 10.1 Å². The van der Waals surface area contributed by atoms with Crippen molar-refractivity contribution in [3.63, 3.8) is 0 Å². The van der Waals surface area contributed by atoms with E-state index in [-0.39, 0.29) is 51.1 Å². The molecule has 152 valence electrons. The SMILES string of the molecule is O=C(O)COCC(=O)NCCOCCOCCOS(=O)(=O)c1ccccc1. The number of benzene rings is 1. The van der Waals surface area contributed by atoms with E-state index in [2.05, 4.69) is 10.1 Å². The van der Waals surface area contributed by atoms with Crippen molar-refractivity contribution in [2.24, 2.45) is 0 Å². The normalized spacial score (nSPS) is 11.3. The van der Waals surface area contributed by atoms with E-state index in [0.29, 0.717) is 0 Å². The van der Waals surface area contributed by atoms with Gasteiger partial charge in [-0.15, -0.1) is 0 Å². The van der Waals surface area contributed by atoms with Crippen molar-refractivity contribution in [1.82, 2.24) is 5.32 Å². The van der Waals surface area contributed by atoms with Gasteiger partial charge in [-0.25, -0.2) is 4.79 Å². The quantitative estimate of drug-likeness (QED) is 0.296. The van der Waals surface area contributed by atoms with Gasteiger partial charge < -0.3 is 24.6 Å². The highest BCUT2D eigenvalue weighted by Gasteiger charge is 2.13. The molecule has 0 aliphatic carbocycles. The number of carbonyl (C=O) groups excluding carboxylic acids is 1. The molecule has 1 aromatic carbocycles. The average Bonchev–Trinajstić information content (AvgIpc) is 2.63. The van der Waals surface area contributed by atoms with Gasteiger partial charge in [0.05, 0.1) is 37.9 Å². The van der Waals surface area contributed by atoms with E-state index in [9.17, 15) is 18.0 Å². The Morgan fingerprint density at radius 3 is 2.19 bits per heavy atom. The Morgan fingerprint density at radius 1 is 0.889 bits per heavy atom. The lowest BCUT2D eigenvalue weighted by atomic mass is 10.4. The number of aliphatic carboxylic acids is 1. The molecule has 0 atom stereocenters. The smallest absolute Gasteiger partial charge is 0.329 e. The molecular weight excluding hydrogens is 382 g/mol. The second kappa shape index (κ2) is 13.2. The van der Waals surface area contributed by atoms with Crippen molar-refractivity contribution in [3.8, 4) is 0 Å². The monoisotopic (exact) mass is 405 g/mol. The van der Waals surface area contributed by atoms with Gasteiger partial charge >= 0.3 is 5.97 Å². The average molecular weight is 405 g/mol. The van der Waals surface area contributed by atoms with Crippen molar-refractivity contribution < 1.29 is 41.5 Å². The van der Waals surface area contributed by atoms with Gasteiger partial charge in [0.1, 0.15) is 13.2 Å². The lowest BCUT2D eigenvalue weighted by Crippen LogP contribution is -2.31.